The molecule has 2 aromatic carbocycles. The SMILES string of the molecule is O=C(CC1CCOC1)NC1CCN(c2ncnc3c2nc(-c2ccccc2Cl)n3-c2ccc(Cl)cc2)CC1. The van der Waals surface area contributed by atoms with Gasteiger partial charge in [-0.1, -0.05) is 35.3 Å². The molecule has 2 aliphatic heterocycles. The van der Waals surface area contributed by atoms with Gasteiger partial charge in [0.15, 0.2) is 17.0 Å². The Morgan fingerprint density at radius 3 is 2.55 bits per heavy atom. The molecule has 0 radical (unpaired) electrons. The number of piperidine rings is 1. The number of benzene rings is 2. The van der Waals surface area contributed by atoms with Gasteiger partial charge in [-0.2, -0.15) is 0 Å². The predicted octanol–water partition coefficient (Wildman–Crippen LogP) is 5.30. The first kappa shape index (κ1) is 25.1. The Kier molecular flexibility index (Phi) is 7.19. The molecule has 0 saturated carbocycles. The lowest BCUT2D eigenvalue weighted by Crippen LogP contribution is -2.45. The van der Waals surface area contributed by atoms with Crippen molar-refractivity contribution < 1.29 is 9.53 Å². The number of fused-ring (bicyclic) bond motifs is 1. The first-order valence-electron chi connectivity index (χ1n) is 12.9. The topological polar surface area (TPSA) is 85.2 Å². The third kappa shape index (κ3) is 5.08. The molecule has 196 valence electrons. The second-order valence-electron chi connectivity index (χ2n) is 9.86. The fraction of sp³-hybridized carbons (Fsp3) is 0.357. The number of nitrogens with one attached hydrogen (secondary N) is 1. The van der Waals surface area contributed by atoms with Gasteiger partial charge in [-0.15, -0.1) is 0 Å². The highest BCUT2D eigenvalue weighted by atomic mass is 35.5. The Labute approximate surface area is 230 Å². The number of carbonyl (C=O) groups excluding carboxylic acids is 1. The first-order chi connectivity index (χ1) is 18.6. The van der Waals surface area contributed by atoms with Crippen LogP contribution in [0, 0.1) is 5.92 Å². The summed E-state index contributed by atoms with van der Waals surface area (Å²) in [6.45, 7) is 2.97. The van der Waals surface area contributed by atoms with Gasteiger partial charge in [0.05, 0.1) is 5.02 Å². The van der Waals surface area contributed by atoms with E-state index in [2.05, 4.69) is 20.2 Å². The number of anilines is 1. The molecule has 38 heavy (non-hydrogen) atoms. The van der Waals surface area contributed by atoms with Crippen molar-refractivity contribution in [3.8, 4) is 17.1 Å². The molecule has 1 unspecified atom stereocenters. The molecule has 2 saturated heterocycles. The molecule has 8 nitrogen and oxygen atoms in total. The lowest BCUT2D eigenvalue weighted by atomic mass is 10.0. The van der Waals surface area contributed by atoms with Crippen molar-refractivity contribution in [2.24, 2.45) is 5.92 Å². The Balaban J connectivity index is 1.29. The van der Waals surface area contributed by atoms with E-state index >= 15 is 0 Å². The van der Waals surface area contributed by atoms with Crippen molar-refractivity contribution in [3.63, 3.8) is 0 Å². The van der Waals surface area contributed by atoms with Gasteiger partial charge in [-0.05, 0) is 61.6 Å². The molecule has 0 bridgehead atoms. The van der Waals surface area contributed by atoms with Crippen LogP contribution < -0.4 is 10.2 Å². The molecule has 1 N–H and O–H groups in total. The molecule has 2 aliphatic rings. The number of rotatable bonds is 6. The van der Waals surface area contributed by atoms with E-state index in [1.54, 1.807) is 6.33 Å². The van der Waals surface area contributed by atoms with Crippen LogP contribution in [-0.4, -0.2) is 57.8 Å². The molecule has 1 amide bonds. The largest absolute Gasteiger partial charge is 0.381 e. The second-order valence-corrected chi connectivity index (χ2v) is 10.7. The lowest BCUT2D eigenvalue weighted by Gasteiger charge is -2.33. The summed E-state index contributed by atoms with van der Waals surface area (Å²) in [6, 6.07) is 15.4. The maximum Gasteiger partial charge on any atom is 0.220 e. The molecule has 2 aromatic heterocycles. The van der Waals surface area contributed by atoms with Crippen LogP contribution in [0.4, 0.5) is 5.82 Å². The zero-order chi connectivity index (χ0) is 26.1. The van der Waals surface area contributed by atoms with E-state index in [1.807, 2.05) is 53.1 Å². The fourth-order valence-electron chi connectivity index (χ4n) is 5.30. The van der Waals surface area contributed by atoms with Gasteiger partial charge in [-0.3, -0.25) is 9.36 Å². The number of hydrogen-bond acceptors (Lipinski definition) is 6. The minimum Gasteiger partial charge on any atom is -0.381 e. The smallest absolute Gasteiger partial charge is 0.220 e. The summed E-state index contributed by atoms with van der Waals surface area (Å²) >= 11 is 12.8. The average Bonchev–Trinajstić information content (AvgIpc) is 3.58. The van der Waals surface area contributed by atoms with E-state index in [0.29, 0.717) is 46.0 Å². The Morgan fingerprint density at radius 1 is 1.03 bits per heavy atom. The molecule has 2 fully saturated rings. The van der Waals surface area contributed by atoms with Crippen LogP contribution >= 0.6 is 23.2 Å². The van der Waals surface area contributed by atoms with Crippen molar-refractivity contribution >= 4 is 46.1 Å². The normalized spacial score (nSPS) is 18.3. The number of hydrogen-bond donors (Lipinski definition) is 1. The highest BCUT2D eigenvalue weighted by Crippen LogP contribution is 2.35. The molecule has 1 atom stereocenters. The summed E-state index contributed by atoms with van der Waals surface area (Å²) in [5.41, 5.74) is 3.09. The standard InChI is InChI=1S/C28H28Cl2N6O2/c29-19-5-7-21(8-6-19)36-26(22-3-1-2-4-23(22)30)34-25-27(31-17-32-28(25)36)35-12-9-20(10-13-35)33-24(37)15-18-11-14-38-16-18/h1-8,17-18,20H,9-16H2,(H,33,37). The molecule has 10 heteroatoms. The van der Waals surface area contributed by atoms with Gasteiger partial charge in [0.2, 0.25) is 5.91 Å². The lowest BCUT2D eigenvalue weighted by molar-refractivity contribution is -0.122. The van der Waals surface area contributed by atoms with E-state index < -0.39 is 0 Å². The number of nitrogens with zero attached hydrogens (tertiary/aromatic N) is 5. The molecule has 0 spiro atoms. The number of carbonyl (C=O) groups is 1. The van der Waals surface area contributed by atoms with E-state index in [4.69, 9.17) is 32.9 Å². The molecule has 6 rings (SSSR count). The fourth-order valence-corrected chi connectivity index (χ4v) is 5.64. The van der Waals surface area contributed by atoms with Crippen LogP contribution in [-0.2, 0) is 9.53 Å². The van der Waals surface area contributed by atoms with Crippen LogP contribution in [0.2, 0.25) is 10.0 Å². The summed E-state index contributed by atoms with van der Waals surface area (Å²) < 4.78 is 7.40. The van der Waals surface area contributed by atoms with E-state index in [9.17, 15) is 4.79 Å². The van der Waals surface area contributed by atoms with Crippen molar-refractivity contribution in [2.75, 3.05) is 31.2 Å². The summed E-state index contributed by atoms with van der Waals surface area (Å²) in [5.74, 6) is 1.93. The summed E-state index contributed by atoms with van der Waals surface area (Å²) in [4.78, 5) is 29.1. The van der Waals surface area contributed by atoms with Crippen molar-refractivity contribution in [2.45, 2.75) is 31.7 Å². The number of imidazole rings is 1. The molecule has 4 aromatic rings. The van der Waals surface area contributed by atoms with Crippen LogP contribution in [0.1, 0.15) is 25.7 Å². The minimum absolute atomic E-state index is 0.120. The summed E-state index contributed by atoms with van der Waals surface area (Å²) in [5, 5.41) is 4.48. The zero-order valence-electron chi connectivity index (χ0n) is 20.8. The van der Waals surface area contributed by atoms with Gasteiger partial charge in [0.25, 0.3) is 0 Å². The highest BCUT2D eigenvalue weighted by Gasteiger charge is 2.27. The van der Waals surface area contributed by atoms with Crippen LogP contribution in [0.3, 0.4) is 0 Å². The second kappa shape index (κ2) is 10.9. The minimum atomic E-state index is 0.120. The number of halogens is 2. The Hall–Kier alpha value is -3.20. The zero-order valence-corrected chi connectivity index (χ0v) is 22.3. The Bertz CT molecular complexity index is 1440. The molecular weight excluding hydrogens is 523 g/mol. The van der Waals surface area contributed by atoms with Crippen LogP contribution in [0.15, 0.2) is 54.9 Å². The van der Waals surface area contributed by atoms with Crippen molar-refractivity contribution in [1.82, 2.24) is 24.8 Å². The van der Waals surface area contributed by atoms with Gasteiger partial charge < -0.3 is 15.0 Å². The van der Waals surface area contributed by atoms with Crippen LogP contribution in [0.5, 0.6) is 0 Å². The maximum absolute atomic E-state index is 12.5. The van der Waals surface area contributed by atoms with Gasteiger partial charge >= 0.3 is 0 Å². The average molecular weight is 551 g/mol. The van der Waals surface area contributed by atoms with Gasteiger partial charge in [0, 0.05) is 55.0 Å². The summed E-state index contributed by atoms with van der Waals surface area (Å²) in [7, 11) is 0. The Morgan fingerprint density at radius 2 is 1.82 bits per heavy atom. The highest BCUT2D eigenvalue weighted by molar-refractivity contribution is 6.33. The molecule has 0 aliphatic carbocycles. The quantitative estimate of drug-likeness (QED) is 0.350. The number of aromatic nitrogens is 4. The monoisotopic (exact) mass is 550 g/mol. The van der Waals surface area contributed by atoms with E-state index in [1.165, 1.54) is 0 Å². The maximum atomic E-state index is 12.5. The van der Waals surface area contributed by atoms with Crippen molar-refractivity contribution in [3.05, 3.63) is 64.9 Å². The molecule has 4 heterocycles. The summed E-state index contributed by atoms with van der Waals surface area (Å²) in [6.07, 6.45) is 4.77. The van der Waals surface area contributed by atoms with E-state index in [0.717, 1.165) is 56.0 Å². The third-order valence-corrected chi connectivity index (χ3v) is 7.86. The van der Waals surface area contributed by atoms with E-state index in [-0.39, 0.29) is 11.9 Å². The van der Waals surface area contributed by atoms with Crippen molar-refractivity contribution in [1.29, 1.82) is 0 Å². The first-order valence-corrected chi connectivity index (χ1v) is 13.7. The van der Waals surface area contributed by atoms with Gasteiger partial charge in [0.1, 0.15) is 12.2 Å². The van der Waals surface area contributed by atoms with Crippen LogP contribution in [0.25, 0.3) is 28.2 Å². The molecular formula is C28H28Cl2N6O2. The number of amides is 1. The van der Waals surface area contributed by atoms with Gasteiger partial charge in [-0.25, -0.2) is 15.0 Å². The number of ether oxygens (including phenoxy) is 1. The third-order valence-electron chi connectivity index (χ3n) is 7.28. The predicted molar refractivity (Wildman–Crippen MR) is 149 cm³/mol.